The Kier molecular flexibility index (Phi) is 4.63. The van der Waals surface area contributed by atoms with E-state index in [9.17, 15) is 0 Å². The molecule has 0 saturated heterocycles. The molecule has 0 heterocycles. The van der Waals surface area contributed by atoms with Gasteiger partial charge in [0.2, 0.25) is 0 Å². The largest absolute Gasteiger partial charge is 0.308 e. The Morgan fingerprint density at radius 3 is 2.00 bits per heavy atom. The van der Waals surface area contributed by atoms with Gasteiger partial charge in [0.15, 0.2) is 0 Å². The van der Waals surface area contributed by atoms with Crippen molar-refractivity contribution < 1.29 is 0 Å². The van der Waals surface area contributed by atoms with Crippen molar-refractivity contribution >= 4 is 27.9 Å². The van der Waals surface area contributed by atoms with Gasteiger partial charge in [-0.3, -0.25) is 4.99 Å². The molecular formula is C24H25N3. The predicted molar refractivity (Wildman–Crippen MR) is 116 cm³/mol. The SMILES string of the molecule is Cc1cccc(C)c1/N=C1/C(=N/CCN(C)C)c2cccc3cccc1c23. The fourth-order valence-electron chi connectivity index (χ4n) is 3.72. The summed E-state index contributed by atoms with van der Waals surface area (Å²) in [5, 5.41) is 2.52. The zero-order chi connectivity index (χ0) is 19.0. The van der Waals surface area contributed by atoms with Gasteiger partial charge in [-0.05, 0) is 44.5 Å². The second-order valence-electron chi connectivity index (χ2n) is 7.44. The highest BCUT2D eigenvalue weighted by Crippen LogP contribution is 2.34. The molecule has 0 unspecified atom stereocenters. The second-order valence-corrected chi connectivity index (χ2v) is 7.44. The Labute approximate surface area is 161 Å². The maximum atomic E-state index is 5.15. The molecule has 136 valence electrons. The molecule has 27 heavy (non-hydrogen) atoms. The van der Waals surface area contributed by atoms with E-state index in [1.165, 1.54) is 33.0 Å². The van der Waals surface area contributed by atoms with Gasteiger partial charge in [-0.25, -0.2) is 4.99 Å². The maximum Gasteiger partial charge on any atom is 0.0974 e. The first-order chi connectivity index (χ1) is 13.1. The number of para-hydroxylation sites is 1. The lowest BCUT2D eigenvalue weighted by molar-refractivity contribution is 0.420. The Balaban J connectivity index is 1.93. The molecule has 3 nitrogen and oxygen atoms in total. The summed E-state index contributed by atoms with van der Waals surface area (Å²) in [7, 11) is 4.16. The lowest BCUT2D eigenvalue weighted by Gasteiger charge is -2.09. The molecule has 0 aromatic heterocycles. The van der Waals surface area contributed by atoms with Crippen molar-refractivity contribution in [3.8, 4) is 0 Å². The standard InChI is InChI=1S/C24H25N3/c1-16-8-5-9-17(2)22(16)26-24-20-13-7-11-18-10-6-12-19(21(18)20)23(24)25-14-15-27(3)4/h5-13H,14-15H2,1-4H3/b25-23+,26-24+. The van der Waals surface area contributed by atoms with Gasteiger partial charge in [0.05, 0.1) is 23.7 Å². The number of aryl methyl sites for hydroxylation is 2. The maximum absolute atomic E-state index is 5.15. The lowest BCUT2D eigenvalue weighted by atomic mass is 10.1. The first-order valence-corrected chi connectivity index (χ1v) is 9.43. The number of rotatable bonds is 4. The number of hydrogen-bond donors (Lipinski definition) is 0. The molecule has 3 aromatic carbocycles. The summed E-state index contributed by atoms with van der Waals surface area (Å²) in [4.78, 5) is 12.3. The lowest BCUT2D eigenvalue weighted by Crippen LogP contribution is -2.18. The van der Waals surface area contributed by atoms with E-state index < -0.39 is 0 Å². The smallest absolute Gasteiger partial charge is 0.0974 e. The van der Waals surface area contributed by atoms with Crippen LogP contribution in [-0.2, 0) is 0 Å². The summed E-state index contributed by atoms with van der Waals surface area (Å²) in [6.07, 6.45) is 0. The highest BCUT2D eigenvalue weighted by molar-refractivity contribution is 6.61. The van der Waals surface area contributed by atoms with Crippen molar-refractivity contribution in [3.05, 3.63) is 76.9 Å². The third-order valence-electron chi connectivity index (χ3n) is 5.12. The minimum atomic E-state index is 0.762. The van der Waals surface area contributed by atoms with Gasteiger partial charge in [0.25, 0.3) is 0 Å². The Morgan fingerprint density at radius 2 is 1.37 bits per heavy atom. The van der Waals surface area contributed by atoms with E-state index >= 15 is 0 Å². The Hall–Kier alpha value is -2.78. The Bertz CT molecular complexity index is 1050. The van der Waals surface area contributed by atoms with Gasteiger partial charge in [-0.2, -0.15) is 0 Å². The van der Waals surface area contributed by atoms with E-state index in [2.05, 4.69) is 87.4 Å². The topological polar surface area (TPSA) is 28.0 Å². The zero-order valence-corrected chi connectivity index (χ0v) is 16.5. The van der Waals surface area contributed by atoms with Gasteiger partial charge in [0.1, 0.15) is 0 Å². The van der Waals surface area contributed by atoms with Crippen LogP contribution in [0.2, 0.25) is 0 Å². The summed E-state index contributed by atoms with van der Waals surface area (Å²) >= 11 is 0. The molecule has 0 N–H and O–H groups in total. The van der Waals surface area contributed by atoms with Crippen LogP contribution in [0.25, 0.3) is 10.8 Å². The predicted octanol–water partition coefficient (Wildman–Crippen LogP) is 4.94. The van der Waals surface area contributed by atoms with E-state index in [4.69, 9.17) is 9.98 Å². The molecule has 0 spiro atoms. The van der Waals surface area contributed by atoms with Crippen molar-refractivity contribution in [2.45, 2.75) is 13.8 Å². The van der Waals surface area contributed by atoms with E-state index in [-0.39, 0.29) is 0 Å². The van der Waals surface area contributed by atoms with Gasteiger partial charge in [-0.1, -0.05) is 54.6 Å². The molecule has 0 radical (unpaired) electrons. The summed E-state index contributed by atoms with van der Waals surface area (Å²) in [5.74, 6) is 0. The van der Waals surface area contributed by atoms with Crippen LogP contribution in [0, 0.1) is 13.8 Å². The molecule has 0 saturated carbocycles. The van der Waals surface area contributed by atoms with Crippen LogP contribution in [0.5, 0.6) is 0 Å². The molecule has 0 atom stereocenters. The quantitative estimate of drug-likeness (QED) is 0.651. The molecule has 1 aliphatic rings. The van der Waals surface area contributed by atoms with Crippen molar-refractivity contribution in [1.29, 1.82) is 0 Å². The number of aliphatic imine (C=N–C) groups is 2. The third-order valence-corrected chi connectivity index (χ3v) is 5.12. The third kappa shape index (κ3) is 3.19. The number of benzene rings is 3. The first kappa shape index (κ1) is 17.6. The van der Waals surface area contributed by atoms with Crippen LogP contribution in [0.1, 0.15) is 22.3 Å². The van der Waals surface area contributed by atoms with Gasteiger partial charge < -0.3 is 4.90 Å². The summed E-state index contributed by atoms with van der Waals surface area (Å²) < 4.78 is 0. The molecule has 4 rings (SSSR count). The molecular weight excluding hydrogens is 330 g/mol. The summed E-state index contributed by atoms with van der Waals surface area (Å²) in [5.41, 5.74) is 7.85. The average Bonchev–Trinajstić information content (AvgIpc) is 2.94. The molecule has 0 amide bonds. The van der Waals surface area contributed by atoms with Crippen LogP contribution < -0.4 is 0 Å². The van der Waals surface area contributed by atoms with Crippen molar-refractivity contribution in [1.82, 2.24) is 4.90 Å². The van der Waals surface area contributed by atoms with E-state index in [1.54, 1.807) is 0 Å². The highest BCUT2D eigenvalue weighted by atomic mass is 15.1. The molecule has 3 aromatic rings. The average molecular weight is 355 g/mol. The van der Waals surface area contributed by atoms with E-state index in [0.717, 1.165) is 30.2 Å². The minimum absolute atomic E-state index is 0.762. The summed E-state index contributed by atoms with van der Waals surface area (Å²) in [6, 6.07) is 19.2. The molecule has 1 aliphatic carbocycles. The van der Waals surface area contributed by atoms with Gasteiger partial charge in [-0.15, -0.1) is 0 Å². The molecule has 3 heteroatoms. The number of likely N-dealkylation sites (N-methyl/N-ethyl adjacent to an activating group) is 1. The monoisotopic (exact) mass is 355 g/mol. The first-order valence-electron chi connectivity index (χ1n) is 9.43. The zero-order valence-electron chi connectivity index (χ0n) is 16.5. The Morgan fingerprint density at radius 1 is 0.778 bits per heavy atom. The van der Waals surface area contributed by atoms with Gasteiger partial charge >= 0.3 is 0 Å². The summed E-state index contributed by atoms with van der Waals surface area (Å²) in [6.45, 7) is 5.93. The fourth-order valence-corrected chi connectivity index (χ4v) is 3.72. The van der Waals surface area contributed by atoms with Crippen LogP contribution in [0.15, 0.2) is 64.6 Å². The van der Waals surface area contributed by atoms with Gasteiger partial charge in [0, 0.05) is 23.1 Å². The van der Waals surface area contributed by atoms with Crippen LogP contribution in [-0.4, -0.2) is 43.5 Å². The highest BCUT2D eigenvalue weighted by Gasteiger charge is 2.27. The van der Waals surface area contributed by atoms with E-state index in [1.807, 2.05) is 0 Å². The van der Waals surface area contributed by atoms with Crippen LogP contribution >= 0.6 is 0 Å². The fraction of sp³-hybridized carbons (Fsp3) is 0.250. The molecule has 0 fully saturated rings. The van der Waals surface area contributed by atoms with Crippen molar-refractivity contribution in [3.63, 3.8) is 0 Å². The van der Waals surface area contributed by atoms with E-state index in [0.29, 0.717) is 0 Å². The van der Waals surface area contributed by atoms with Crippen LogP contribution in [0.4, 0.5) is 5.69 Å². The van der Waals surface area contributed by atoms with Crippen molar-refractivity contribution in [2.24, 2.45) is 9.98 Å². The second kappa shape index (κ2) is 7.09. The molecule has 0 aliphatic heterocycles. The number of nitrogens with zero attached hydrogens (tertiary/aromatic N) is 3. The number of hydrogen-bond acceptors (Lipinski definition) is 3. The molecule has 0 bridgehead atoms. The minimum Gasteiger partial charge on any atom is -0.308 e. The van der Waals surface area contributed by atoms with Crippen LogP contribution in [0.3, 0.4) is 0 Å². The van der Waals surface area contributed by atoms with Crippen molar-refractivity contribution in [2.75, 3.05) is 27.2 Å². The normalized spacial score (nSPS) is 16.2.